The van der Waals surface area contributed by atoms with E-state index >= 15 is 0 Å². The quantitative estimate of drug-likeness (QED) is 0.882. The molecule has 5 nitrogen and oxygen atoms in total. The Labute approximate surface area is 120 Å². The van der Waals surface area contributed by atoms with Crippen molar-refractivity contribution in [2.75, 3.05) is 26.2 Å². The van der Waals surface area contributed by atoms with E-state index in [0.29, 0.717) is 6.42 Å². The molecule has 0 spiro atoms. The Bertz CT molecular complexity index is 407. The zero-order valence-corrected chi connectivity index (χ0v) is 12.6. The number of halogens is 1. The minimum Gasteiger partial charge on any atom is -0.340 e. The predicted molar refractivity (Wildman–Crippen MR) is 77.8 cm³/mol. The van der Waals surface area contributed by atoms with Gasteiger partial charge in [-0.15, -0.1) is 12.4 Å². The number of aromatic nitrogens is 2. The summed E-state index contributed by atoms with van der Waals surface area (Å²) in [5.74, 6) is 0.482. The maximum Gasteiger partial charge on any atom is 0.223 e. The van der Waals surface area contributed by atoms with Gasteiger partial charge in [0.05, 0.1) is 5.69 Å². The summed E-state index contributed by atoms with van der Waals surface area (Å²) in [5.41, 5.74) is 3.28. The lowest BCUT2D eigenvalue weighted by Crippen LogP contribution is -2.46. The van der Waals surface area contributed by atoms with Crippen LogP contribution in [0.25, 0.3) is 0 Å². The first-order chi connectivity index (χ1) is 8.59. The van der Waals surface area contributed by atoms with Crippen molar-refractivity contribution in [3.8, 4) is 0 Å². The number of amides is 1. The summed E-state index contributed by atoms with van der Waals surface area (Å²) >= 11 is 0. The van der Waals surface area contributed by atoms with Crippen LogP contribution in [-0.4, -0.2) is 47.2 Å². The Balaban J connectivity index is 0.00000180. The van der Waals surface area contributed by atoms with Gasteiger partial charge in [0.1, 0.15) is 0 Å². The number of aryl methyl sites for hydroxylation is 2. The topological polar surface area (TPSA) is 61.0 Å². The lowest BCUT2D eigenvalue weighted by Gasteiger charge is -2.28. The van der Waals surface area contributed by atoms with Crippen LogP contribution in [0.1, 0.15) is 36.2 Å². The summed E-state index contributed by atoms with van der Waals surface area (Å²) < 4.78 is 0. The molecule has 19 heavy (non-hydrogen) atoms. The van der Waals surface area contributed by atoms with Crippen LogP contribution in [0.15, 0.2) is 0 Å². The third-order valence-electron chi connectivity index (χ3n) is 3.63. The van der Waals surface area contributed by atoms with Crippen molar-refractivity contribution in [3.63, 3.8) is 0 Å². The number of H-pyrrole nitrogens is 1. The molecule has 2 rings (SSSR count). The van der Waals surface area contributed by atoms with Gasteiger partial charge in [0.15, 0.2) is 0 Å². The third-order valence-corrected chi connectivity index (χ3v) is 3.63. The molecular weight excluding hydrogens is 264 g/mol. The van der Waals surface area contributed by atoms with Crippen LogP contribution < -0.4 is 5.32 Å². The van der Waals surface area contributed by atoms with Crippen molar-refractivity contribution in [2.45, 2.75) is 33.1 Å². The number of nitrogens with one attached hydrogen (secondary N) is 2. The molecule has 1 unspecified atom stereocenters. The molecule has 1 amide bonds. The number of aromatic amines is 1. The number of carbonyl (C=O) groups excluding carboxylic acids is 1. The average Bonchev–Trinajstić information content (AvgIpc) is 2.70. The van der Waals surface area contributed by atoms with Crippen LogP contribution in [0.5, 0.6) is 0 Å². The van der Waals surface area contributed by atoms with E-state index in [9.17, 15) is 4.79 Å². The van der Waals surface area contributed by atoms with Gasteiger partial charge in [0.2, 0.25) is 5.91 Å². The zero-order chi connectivity index (χ0) is 13.1. The van der Waals surface area contributed by atoms with E-state index < -0.39 is 0 Å². The monoisotopic (exact) mass is 286 g/mol. The largest absolute Gasteiger partial charge is 0.340 e. The Morgan fingerprint density at radius 1 is 1.37 bits per heavy atom. The molecule has 2 N–H and O–H groups in total. The van der Waals surface area contributed by atoms with Gasteiger partial charge in [-0.2, -0.15) is 5.10 Å². The molecule has 1 aliphatic rings. The fourth-order valence-corrected chi connectivity index (χ4v) is 2.69. The summed E-state index contributed by atoms with van der Waals surface area (Å²) in [6, 6.07) is 0. The SMILES string of the molecule is Cc1n[nH]c(C)c1C(C)CC(=O)N1CCNCC1.Cl. The molecule has 1 aromatic heterocycles. The van der Waals surface area contributed by atoms with Crippen LogP contribution in [0.3, 0.4) is 0 Å². The van der Waals surface area contributed by atoms with Crippen molar-refractivity contribution in [2.24, 2.45) is 0 Å². The average molecular weight is 287 g/mol. The summed E-state index contributed by atoms with van der Waals surface area (Å²) in [5, 5.41) is 10.4. The van der Waals surface area contributed by atoms with Crippen molar-refractivity contribution >= 4 is 18.3 Å². The van der Waals surface area contributed by atoms with Gasteiger partial charge >= 0.3 is 0 Å². The molecule has 1 aromatic rings. The van der Waals surface area contributed by atoms with E-state index in [1.54, 1.807) is 0 Å². The van der Waals surface area contributed by atoms with Crippen molar-refractivity contribution in [1.82, 2.24) is 20.4 Å². The molecule has 1 fully saturated rings. The molecule has 0 aliphatic carbocycles. The van der Waals surface area contributed by atoms with E-state index in [4.69, 9.17) is 0 Å². The summed E-state index contributed by atoms with van der Waals surface area (Å²) in [6.07, 6.45) is 0.571. The molecular formula is C13H23ClN4O. The third kappa shape index (κ3) is 3.70. The molecule has 0 saturated carbocycles. The number of hydrogen-bond donors (Lipinski definition) is 2. The van der Waals surface area contributed by atoms with Crippen LogP contribution in [0, 0.1) is 13.8 Å². The van der Waals surface area contributed by atoms with E-state index in [1.165, 1.54) is 5.56 Å². The minimum atomic E-state index is 0. The Kier molecular flexibility index (Phi) is 5.82. The van der Waals surface area contributed by atoms with Gasteiger partial charge in [-0.25, -0.2) is 0 Å². The van der Waals surface area contributed by atoms with Crippen LogP contribution >= 0.6 is 12.4 Å². The maximum atomic E-state index is 12.2. The standard InChI is InChI=1S/C13H22N4O.ClH/c1-9(13-10(2)15-16-11(13)3)8-12(18)17-6-4-14-5-7-17;/h9,14H,4-8H2,1-3H3,(H,15,16);1H. The highest BCUT2D eigenvalue weighted by Crippen LogP contribution is 2.25. The number of piperazine rings is 1. The molecule has 0 aromatic carbocycles. The fraction of sp³-hybridized carbons (Fsp3) is 0.692. The second kappa shape index (κ2) is 6.91. The van der Waals surface area contributed by atoms with E-state index in [0.717, 1.165) is 37.6 Å². The highest BCUT2D eigenvalue weighted by molar-refractivity contribution is 5.85. The highest BCUT2D eigenvalue weighted by Gasteiger charge is 2.22. The number of rotatable bonds is 3. The molecule has 6 heteroatoms. The molecule has 0 bridgehead atoms. The minimum absolute atomic E-state index is 0. The normalized spacial score (nSPS) is 16.9. The molecule has 1 atom stereocenters. The van der Waals surface area contributed by atoms with Crippen LogP contribution in [0.4, 0.5) is 0 Å². The fourth-order valence-electron chi connectivity index (χ4n) is 2.69. The molecule has 1 aliphatic heterocycles. The van der Waals surface area contributed by atoms with E-state index in [-0.39, 0.29) is 24.2 Å². The van der Waals surface area contributed by atoms with Gasteiger partial charge in [-0.3, -0.25) is 9.89 Å². The summed E-state index contributed by atoms with van der Waals surface area (Å²) in [7, 11) is 0. The lowest BCUT2D eigenvalue weighted by atomic mass is 9.95. The summed E-state index contributed by atoms with van der Waals surface area (Å²) in [4.78, 5) is 14.1. The Morgan fingerprint density at radius 2 is 2.00 bits per heavy atom. The van der Waals surface area contributed by atoms with Crippen LogP contribution in [0.2, 0.25) is 0 Å². The first-order valence-electron chi connectivity index (χ1n) is 6.59. The predicted octanol–water partition coefficient (Wildman–Crippen LogP) is 1.37. The molecule has 2 heterocycles. The second-order valence-electron chi connectivity index (χ2n) is 5.08. The van der Waals surface area contributed by atoms with Gasteiger partial charge in [0.25, 0.3) is 0 Å². The zero-order valence-electron chi connectivity index (χ0n) is 11.8. The van der Waals surface area contributed by atoms with Crippen molar-refractivity contribution in [1.29, 1.82) is 0 Å². The number of nitrogens with zero attached hydrogens (tertiary/aromatic N) is 2. The van der Waals surface area contributed by atoms with Gasteiger partial charge in [0, 0.05) is 38.3 Å². The highest BCUT2D eigenvalue weighted by atomic mass is 35.5. The molecule has 108 valence electrons. The Hall–Kier alpha value is -1.07. The molecule has 0 radical (unpaired) electrons. The lowest BCUT2D eigenvalue weighted by molar-refractivity contribution is -0.132. The second-order valence-corrected chi connectivity index (χ2v) is 5.08. The number of hydrogen-bond acceptors (Lipinski definition) is 3. The molecule has 1 saturated heterocycles. The first kappa shape index (κ1) is 16.0. The Morgan fingerprint density at radius 3 is 2.53 bits per heavy atom. The van der Waals surface area contributed by atoms with E-state index in [2.05, 4.69) is 22.4 Å². The van der Waals surface area contributed by atoms with Crippen molar-refractivity contribution in [3.05, 3.63) is 17.0 Å². The van der Waals surface area contributed by atoms with E-state index in [1.807, 2.05) is 18.7 Å². The number of carbonyl (C=O) groups is 1. The van der Waals surface area contributed by atoms with Gasteiger partial charge in [-0.1, -0.05) is 6.92 Å². The van der Waals surface area contributed by atoms with Crippen LogP contribution in [-0.2, 0) is 4.79 Å². The maximum absolute atomic E-state index is 12.2. The first-order valence-corrected chi connectivity index (χ1v) is 6.59. The summed E-state index contributed by atoms with van der Waals surface area (Å²) in [6.45, 7) is 9.58. The van der Waals surface area contributed by atoms with Gasteiger partial charge in [-0.05, 0) is 25.3 Å². The van der Waals surface area contributed by atoms with Crippen molar-refractivity contribution < 1.29 is 4.79 Å². The van der Waals surface area contributed by atoms with Gasteiger partial charge < -0.3 is 10.2 Å². The smallest absolute Gasteiger partial charge is 0.223 e.